The fourth-order valence-electron chi connectivity index (χ4n) is 1.46. The van der Waals surface area contributed by atoms with Gasteiger partial charge in [0.15, 0.2) is 5.13 Å². The summed E-state index contributed by atoms with van der Waals surface area (Å²) in [6.45, 7) is 2.97. The maximum atomic E-state index is 5.50. The van der Waals surface area contributed by atoms with Gasteiger partial charge in [0.2, 0.25) is 0 Å². The maximum Gasteiger partial charge on any atom is 0.185 e. The third-order valence-electron chi connectivity index (χ3n) is 2.22. The molecule has 0 radical (unpaired) electrons. The summed E-state index contributed by atoms with van der Waals surface area (Å²) in [5.41, 5.74) is 6.64. The highest BCUT2D eigenvalue weighted by molar-refractivity contribution is 7.99. The van der Waals surface area contributed by atoms with Crippen LogP contribution in [0.25, 0.3) is 0 Å². The molecular formula is C9H15N3S2. The smallest absolute Gasteiger partial charge is 0.185 e. The Labute approximate surface area is 92.7 Å². The summed E-state index contributed by atoms with van der Waals surface area (Å²) in [6.07, 6.45) is 0.902. The van der Waals surface area contributed by atoms with Gasteiger partial charge < -0.3 is 10.6 Å². The van der Waals surface area contributed by atoms with Crippen LogP contribution >= 0.6 is 23.1 Å². The second-order valence-corrected chi connectivity index (χ2v) is 5.32. The van der Waals surface area contributed by atoms with Crippen molar-refractivity contribution in [1.82, 2.24) is 4.98 Å². The van der Waals surface area contributed by atoms with Crippen LogP contribution < -0.4 is 10.6 Å². The van der Waals surface area contributed by atoms with Crippen molar-refractivity contribution < 1.29 is 0 Å². The molecule has 0 bridgehead atoms. The molecule has 0 amide bonds. The fourth-order valence-corrected chi connectivity index (χ4v) is 3.28. The third-order valence-corrected chi connectivity index (χ3v) is 4.11. The van der Waals surface area contributed by atoms with Gasteiger partial charge in [0, 0.05) is 36.4 Å². The van der Waals surface area contributed by atoms with E-state index in [-0.39, 0.29) is 0 Å². The zero-order valence-corrected chi connectivity index (χ0v) is 9.74. The molecule has 2 N–H and O–H groups in total. The van der Waals surface area contributed by atoms with Gasteiger partial charge in [-0.1, -0.05) is 0 Å². The van der Waals surface area contributed by atoms with Crippen LogP contribution in [0.5, 0.6) is 0 Å². The first-order chi connectivity index (χ1) is 6.90. The van der Waals surface area contributed by atoms with E-state index >= 15 is 0 Å². The minimum atomic E-state index is 0.693. The molecule has 1 aliphatic heterocycles. The molecule has 14 heavy (non-hydrogen) atoms. The average molecular weight is 229 g/mol. The van der Waals surface area contributed by atoms with Crippen molar-refractivity contribution >= 4 is 28.2 Å². The average Bonchev–Trinajstić information content (AvgIpc) is 2.68. The number of anilines is 1. The van der Waals surface area contributed by atoms with Gasteiger partial charge >= 0.3 is 0 Å². The van der Waals surface area contributed by atoms with Crippen LogP contribution in [0.3, 0.4) is 0 Å². The Kier molecular flexibility index (Phi) is 3.67. The predicted molar refractivity (Wildman–Crippen MR) is 64.4 cm³/mol. The van der Waals surface area contributed by atoms with E-state index in [2.05, 4.69) is 15.3 Å². The molecule has 2 heterocycles. The molecule has 0 unspecified atom stereocenters. The third kappa shape index (κ3) is 2.40. The van der Waals surface area contributed by atoms with Crippen LogP contribution in [-0.4, -0.2) is 36.1 Å². The van der Waals surface area contributed by atoms with E-state index in [0.29, 0.717) is 6.54 Å². The quantitative estimate of drug-likeness (QED) is 0.845. The number of nitrogens with two attached hydrogens (primary N) is 1. The SMILES string of the molecule is NCCc1csc(N2CCSCC2)n1. The van der Waals surface area contributed by atoms with Crippen LogP contribution in [0.4, 0.5) is 5.13 Å². The van der Waals surface area contributed by atoms with Gasteiger partial charge in [0.25, 0.3) is 0 Å². The molecule has 0 saturated carbocycles. The number of nitrogens with zero attached hydrogens (tertiary/aromatic N) is 2. The highest BCUT2D eigenvalue weighted by atomic mass is 32.2. The Morgan fingerprint density at radius 1 is 1.43 bits per heavy atom. The predicted octanol–water partition coefficient (Wildman–Crippen LogP) is 1.20. The van der Waals surface area contributed by atoms with Crippen LogP contribution in [0.1, 0.15) is 5.69 Å². The first-order valence-corrected chi connectivity index (χ1v) is 6.91. The Morgan fingerprint density at radius 3 is 2.93 bits per heavy atom. The van der Waals surface area contributed by atoms with Gasteiger partial charge in [-0.05, 0) is 6.54 Å². The number of thiazole rings is 1. The topological polar surface area (TPSA) is 42.1 Å². The fraction of sp³-hybridized carbons (Fsp3) is 0.667. The van der Waals surface area contributed by atoms with E-state index < -0.39 is 0 Å². The Bertz CT molecular complexity index is 281. The zero-order chi connectivity index (χ0) is 9.80. The molecule has 1 aromatic rings. The molecule has 78 valence electrons. The van der Waals surface area contributed by atoms with Gasteiger partial charge in [0.05, 0.1) is 5.69 Å². The summed E-state index contributed by atoms with van der Waals surface area (Å²) in [5, 5.41) is 3.30. The van der Waals surface area contributed by atoms with Gasteiger partial charge in [0.1, 0.15) is 0 Å². The molecule has 1 aliphatic rings. The maximum absolute atomic E-state index is 5.50. The summed E-state index contributed by atoms with van der Waals surface area (Å²) in [5.74, 6) is 2.46. The van der Waals surface area contributed by atoms with E-state index in [1.807, 2.05) is 11.8 Å². The van der Waals surface area contributed by atoms with Gasteiger partial charge in [-0.2, -0.15) is 11.8 Å². The zero-order valence-electron chi connectivity index (χ0n) is 8.11. The van der Waals surface area contributed by atoms with Crippen LogP contribution in [0, 0.1) is 0 Å². The number of aromatic nitrogens is 1. The summed E-state index contributed by atoms with van der Waals surface area (Å²) in [4.78, 5) is 6.96. The van der Waals surface area contributed by atoms with Crippen LogP contribution in [-0.2, 0) is 6.42 Å². The molecule has 1 fully saturated rings. The van der Waals surface area contributed by atoms with Crippen molar-refractivity contribution in [3.63, 3.8) is 0 Å². The second kappa shape index (κ2) is 5.00. The molecular weight excluding hydrogens is 214 g/mol. The highest BCUT2D eigenvalue weighted by Crippen LogP contribution is 2.23. The monoisotopic (exact) mass is 229 g/mol. The molecule has 0 atom stereocenters. The lowest BCUT2D eigenvalue weighted by Gasteiger charge is -2.25. The lowest BCUT2D eigenvalue weighted by Crippen LogP contribution is -2.32. The Hall–Kier alpha value is -0.260. The van der Waals surface area contributed by atoms with Crippen molar-refractivity contribution in [2.24, 2.45) is 5.73 Å². The van der Waals surface area contributed by atoms with Crippen molar-refractivity contribution in [3.8, 4) is 0 Å². The van der Waals surface area contributed by atoms with Crippen molar-refractivity contribution in [1.29, 1.82) is 0 Å². The summed E-state index contributed by atoms with van der Waals surface area (Å²) in [7, 11) is 0. The van der Waals surface area contributed by atoms with E-state index in [0.717, 1.165) is 25.2 Å². The van der Waals surface area contributed by atoms with Gasteiger partial charge in [-0.15, -0.1) is 11.3 Å². The normalized spacial score (nSPS) is 17.4. The van der Waals surface area contributed by atoms with Gasteiger partial charge in [-0.3, -0.25) is 0 Å². The molecule has 5 heteroatoms. The number of thioether (sulfide) groups is 1. The van der Waals surface area contributed by atoms with Crippen LogP contribution in [0.15, 0.2) is 5.38 Å². The highest BCUT2D eigenvalue weighted by Gasteiger charge is 2.13. The lowest BCUT2D eigenvalue weighted by molar-refractivity contribution is 0.842. The summed E-state index contributed by atoms with van der Waals surface area (Å²) >= 11 is 3.77. The van der Waals surface area contributed by atoms with Crippen molar-refractivity contribution in [3.05, 3.63) is 11.1 Å². The summed E-state index contributed by atoms with van der Waals surface area (Å²) < 4.78 is 0. The number of hydrogen-bond acceptors (Lipinski definition) is 5. The lowest BCUT2D eigenvalue weighted by atomic mass is 10.3. The van der Waals surface area contributed by atoms with Crippen molar-refractivity contribution in [2.75, 3.05) is 36.0 Å². The molecule has 0 aliphatic carbocycles. The first kappa shape index (κ1) is 10.3. The molecule has 3 nitrogen and oxygen atoms in total. The van der Waals surface area contributed by atoms with E-state index in [9.17, 15) is 0 Å². The summed E-state index contributed by atoms with van der Waals surface area (Å²) in [6, 6.07) is 0. The van der Waals surface area contributed by atoms with Crippen LogP contribution in [0.2, 0.25) is 0 Å². The van der Waals surface area contributed by atoms with E-state index in [1.54, 1.807) is 11.3 Å². The first-order valence-electron chi connectivity index (χ1n) is 4.87. The van der Waals surface area contributed by atoms with Crippen molar-refractivity contribution in [2.45, 2.75) is 6.42 Å². The standard InChI is InChI=1S/C9H15N3S2/c10-2-1-8-7-14-9(11-8)12-3-5-13-6-4-12/h7H,1-6,10H2. The van der Waals surface area contributed by atoms with E-state index in [1.165, 1.54) is 16.6 Å². The molecule has 1 aromatic heterocycles. The Balaban J connectivity index is 2.00. The second-order valence-electron chi connectivity index (χ2n) is 3.26. The minimum absolute atomic E-state index is 0.693. The molecule has 1 saturated heterocycles. The van der Waals surface area contributed by atoms with E-state index in [4.69, 9.17) is 5.73 Å². The van der Waals surface area contributed by atoms with Gasteiger partial charge in [-0.25, -0.2) is 4.98 Å². The minimum Gasteiger partial charge on any atom is -0.346 e. The molecule has 0 aromatic carbocycles. The molecule has 2 rings (SSSR count). The number of hydrogen-bond donors (Lipinski definition) is 1. The largest absolute Gasteiger partial charge is 0.346 e. The number of rotatable bonds is 3. The molecule has 0 spiro atoms. The Morgan fingerprint density at radius 2 is 2.21 bits per heavy atom.